The lowest BCUT2D eigenvalue weighted by Gasteiger charge is -2.20. The lowest BCUT2D eigenvalue weighted by Crippen LogP contribution is -2.21. The predicted molar refractivity (Wildman–Crippen MR) is 132 cm³/mol. The van der Waals surface area contributed by atoms with Gasteiger partial charge in [0.2, 0.25) is 0 Å². The minimum absolute atomic E-state index is 0.0568. The number of hydrogen-bond acceptors (Lipinski definition) is 4. The highest BCUT2D eigenvalue weighted by atomic mass is 16.5. The highest BCUT2D eigenvalue weighted by molar-refractivity contribution is 5.93. The second-order valence-corrected chi connectivity index (χ2v) is 9.88. The van der Waals surface area contributed by atoms with Crippen LogP contribution in [0, 0.1) is 11.8 Å². The maximum Gasteiger partial charge on any atom is 0.338 e. The molecule has 32 heavy (non-hydrogen) atoms. The van der Waals surface area contributed by atoms with Gasteiger partial charge in [0.05, 0.1) is 11.1 Å². The third-order valence-electron chi connectivity index (χ3n) is 5.63. The van der Waals surface area contributed by atoms with Crippen molar-refractivity contribution in [3.05, 3.63) is 35.4 Å². The Hall–Kier alpha value is -1.84. The summed E-state index contributed by atoms with van der Waals surface area (Å²) in [5.74, 6) is 0.319. The molecular weight excluding hydrogens is 400 g/mol. The van der Waals surface area contributed by atoms with E-state index in [4.69, 9.17) is 9.47 Å². The van der Waals surface area contributed by atoms with Gasteiger partial charge in [0.15, 0.2) is 0 Å². The monoisotopic (exact) mass is 446 g/mol. The number of unbranched alkanes of at least 4 members (excludes halogenated alkanes) is 4. The fourth-order valence-electron chi connectivity index (χ4n) is 3.93. The van der Waals surface area contributed by atoms with Crippen LogP contribution in [0.2, 0.25) is 0 Å². The van der Waals surface area contributed by atoms with E-state index >= 15 is 0 Å². The second kappa shape index (κ2) is 15.9. The smallest absolute Gasteiger partial charge is 0.338 e. The van der Waals surface area contributed by atoms with Crippen molar-refractivity contribution < 1.29 is 19.1 Å². The Morgan fingerprint density at radius 2 is 1.00 bits per heavy atom. The Kier molecular flexibility index (Phi) is 14.0. The number of benzene rings is 1. The molecule has 4 nitrogen and oxygen atoms in total. The van der Waals surface area contributed by atoms with Crippen LogP contribution < -0.4 is 0 Å². The third kappa shape index (κ3) is 11.7. The summed E-state index contributed by atoms with van der Waals surface area (Å²) < 4.78 is 11.6. The Bertz CT molecular complexity index is 591. The molecule has 0 saturated carbocycles. The molecule has 0 heterocycles. The van der Waals surface area contributed by atoms with Gasteiger partial charge in [0.25, 0.3) is 0 Å². The quantitative estimate of drug-likeness (QED) is 0.191. The standard InChI is InChI=1S/C28H46O4/c1-7-9-11-13-25(19-21(3)4)31-27(29)23-15-17-24(18-16-23)28(30)32-26(20-22(5)6)14-12-10-8-2/h15-18,21-22,25-26H,7-14,19-20H2,1-6H3. The minimum atomic E-state index is -0.315. The summed E-state index contributed by atoms with van der Waals surface area (Å²) >= 11 is 0. The van der Waals surface area contributed by atoms with Crippen LogP contribution in [-0.2, 0) is 9.47 Å². The van der Waals surface area contributed by atoms with Crippen LogP contribution in [-0.4, -0.2) is 24.1 Å². The molecule has 1 aromatic rings. The molecule has 0 amide bonds. The van der Waals surface area contributed by atoms with Gasteiger partial charge in [-0.05, 0) is 74.6 Å². The van der Waals surface area contributed by atoms with E-state index in [-0.39, 0.29) is 24.1 Å². The number of carbonyl (C=O) groups excluding carboxylic acids is 2. The molecule has 0 radical (unpaired) electrons. The zero-order valence-corrected chi connectivity index (χ0v) is 21.3. The van der Waals surface area contributed by atoms with Crippen molar-refractivity contribution in [1.29, 1.82) is 0 Å². The molecule has 0 aromatic heterocycles. The summed E-state index contributed by atoms with van der Waals surface area (Å²) in [5, 5.41) is 0. The van der Waals surface area contributed by atoms with Crippen LogP contribution in [0.1, 0.15) is 126 Å². The molecule has 4 heteroatoms. The van der Waals surface area contributed by atoms with E-state index in [1.165, 1.54) is 0 Å². The van der Waals surface area contributed by atoms with Gasteiger partial charge in [-0.15, -0.1) is 0 Å². The minimum Gasteiger partial charge on any atom is -0.459 e. The zero-order chi connectivity index (χ0) is 23.9. The lowest BCUT2D eigenvalue weighted by atomic mass is 10.0. The van der Waals surface area contributed by atoms with E-state index in [2.05, 4.69) is 41.5 Å². The molecule has 2 unspecified atom stereocenters. The van der Waals surface area contributed by atoms with Crippen LogP contribution >= 0.6 is 0 Å². The third-order valence-corrected chi connectivity index (χ3v) is 5.63. The van der Waals surface area contributed by atoms with Gasteiger partial charge in [-0.3, -0.25) is 0 Å². The average Bonchev–Trinajstić information content (AvgIpc) is 2.73. The SMILES string of the molecule is CCCCCC(CC(C)C)OC(=O)c1ccc(C(=O)OC(CCCCC)CC(C)C)cc1. The molecule has 2 atom stereocenters. The van der Waals surface area contributed by atoms with E-state index in [0.717, 1.165) is 64.2 Å². The van der Waals surface area contributed by atoms with E-state index < -0.39 is 0 Å². The largest absolute Gasteiger partial charge is 0.459 e. The predicted octanol–water partition coefficient (Wildman–Crippen LogP) is 7.99. The van der Waals surface area contributed by atoms with Gasteiger partial charge in [0.1, 0.15) is 12.2 Å². The summed E-state index contributed by atoms with van der Waals surface area (Å²) in [4.78, 5) is 25.3. The first kappa shape index (κ1) is 28.2. The fourth-order valence-corrected chi connectivity index (χ4v) is 3.93. The Balaban J connectivity index is 2.71. The molecule has 0 spiro atoms. The molecule has 0 N–H and O–H groups in total. The van der Waals surface area contributed by atoms with Crippen LogP contribution in [0.25, 0.3) is 0 Å². The van der Waals surface area contributed by atoms with Gasteiger partial charge < -0.3 is 9.47 Å². The Morgan fingerprint density at radius 1 is 0.656 bits per heavy atom. The number of esters is 2. The molecule has 182 valence electrons. The van der Waals surface area contributed by atoms with Crippen molar-refractivity contribution >= 4 is 11.9 Å². The normalized spacial score (nSPS) is 13.2. The summed E-state index contributed by atoms with van der Waals surface area (Å²) in [6.45, 7) is 12.9. The summed E-state index contributed by atoms with van der Waals surface area (Å²) in [6, 6.07) is 6.69. The molecule has 0 aliphatic carbocycles. The zero-order valence-electron chi connectivity index (χ0n) is 21.3. The van der Waals surface area contributed by atoms with Gasteiger partial charge in [-0.2, -0.15) is 0 Å². The topological polar surface area (TPSA) is 52.6 Å². The highest BCUT2D eigenvalue weighted by Crippen LogP contribution is 2.20. The van der Waals surface area contributed by atoms with E-state index in [0.29, 0.717) is 23.0 Å². The van der Waals surface area contributed by atoms with E-state index in [1.807, 2.05) is 0 Å². The van der Waals surface area contributed by atoms with Crippen LogP contribution in [0.3, 0.4) is 0 Å². The maximum absolute atomic E-state index is 12.7. The van der Waals surface area contributed by atoms with Gasteiger partial charge in [-0.1, -0.05) is 67.2 Å². The Labute approximate surface area is 196 Å². The number of rotatable bonds is 16. The van der Waals surface area contributed by atoms with Gasteiger partial charge >= 0.3 is 11.9 Å². The average molecular weight is 447 g/mol. The van der Waals surface area contributed by atoms with Crippen molar-refractivity contribution in [1.82, 2.24) is 0 Å². The first-order valence-electron chi connectivity index (χ1n) is 12.8. The Morgan fingerprint density at radius 3 is 1.28 bits per heavy atom. The molecule has 0 fully saturated rings. The number of carbonyl (C=O) groups is 2. The van der Waals surface area contributed by atoms with Crippen molar-refractivity contribution in [2.24, 2.45) is 11.8 Å². The molecule has 1 aromatic carbocycles. The summed E-state index contributed by atoms with van der Waals surface area (Å²) in [7, 11) is 0. The lowest BCUT2D eigenvalue weighted by molar-refractivity contribution is 0.0210. The van der Waals surface area contributed by atoms with Crippen LogP contribution in [0.4, 0.5) is 0 Å². The van der Waals surface area contributed by atoms with Crippen molar-refractivity contribution in [2.45, 2.75) is 118 Å². The van der Waals surface area contributed by atoms with Crippen LogP contribution in [0.15, 0.2) is 24.3 Å². The summed E-state index contributed by atoms with van der Waals surface area (Å²) in [5.41, 5.74) is 0.958. The first-order chi connectivity index (χ1) is 15.3. The van der Waals surface area contributed by atoms with Crippen molar-refractivity contribution in [3.63, 3.8) is 0 Å². The van der Waals surface area contributed by atoms with E-state index in [9.17, 15) is 9.59 Å². The van der Waals surface area contributed by atoms with Gasteiger partial charge in [0, 0.05) is 0 Å². The number of hydrogen-bond donors (Lipinski definition) is 0. The molecule has 0 aliphatic rings. The van der Waals surface area contributed by atoms with Crippen molar-refractivity contribution in [3.8, 4) is 0 Å². The van der Waals surface area contributed by atoms with E-state index in [1.54, 1.807) is 24.3 Å². The molecular formula is C28H46O4. The molecule has 0 aliphatic heterocycles. The fraction of sp³-hybridized carbons (Fsp3) is 0.714. The highest BCUT2D eigenvalue weighted by Gasteiger charge is 2.20. The van der Waals surface area contributed by atoms with Crippen molar-refractivity contribution in [2.75, 3.05) is 0 Å². The molecule has 0 saturated heterocycles. The molecule has 1 rings (SSSR count). The van der Waals surface area contributed by atoms with Crippen LogP contribution in [0.5, 0.6) is 0 Å². The number of ether oxygens (including phenoxy) is 2. The second-order valence-electron chi connectivity index (χ2n) is 9.88. The first-order valence-corrected chi connectivity index (χ1v) is 12.8. The molecule has 0 bridgehead atoms. The summed E-state index contributed by atoms with van der Waals surface area (Å²) in [6.07, 6.45) is 10.2. The maximum atomic E-state index is 12.7. The van der Waals surface area contributed by atoms with Gasteiger partial charge in [-0.25, -0.2) is 9.59 Å².